The molecule has 0 aromatic carbocycles. The van der Waals surface area contributed by atoms with Gasteiger partial charge in [-0.1, -0.05) is 0 Å². The first-order chi connectivity index (χ1) is 9.13. The molecule has 3 heterocycles. The fourth-order valence-electron chi connectivity index (χ4n) is 2.20. The summed E-state index contributed by atoms with van der Waals surface area (Å²) in [6.45, 7) is -0.460. The first-order valence-electron chi connectivity index (χ1n) is 5.68. The zero-order valence-corrected chi connectivity index (χ0v) is 9.67. The van der Waals surface area contributed by atoms with Crippen molar-refractivity contribution in [2.24, 2.45) is 0 Å². The van der Waals surface area contributed by atoms with Gasteiger partial charge in [0.15, 0.2) is 11.9 Å². The van der Waals surface area contributed by atoms with E-state index in [1.807, 2.05) is 0 Å². The van der Waals surface area contributed by atoms with Crippen LogP contribution in [0.3, 0.4) is 0 Å². The molecule has 1 saturated heterocycles. The van der Waals surface area contributed by atoms with Crippen LogP contribution in [0.5, 0.6) is 0 Å². The molecule has 4 N–H and O–H groups in total. The molecular weight excluding hydrogens is 256 g/mol. The van der Waals surface area contributed by atoms with E-state index in [2.05, 4.69) is 15.4 Å². The minimum atomic E-state index is -1.34. The van der Waals surface area contributed by atoms with E-state index in [9.17, 15) is 15.0 Å². The number of ether oxygens (including phenoxy) is 1. The minimum absolute atomic E-state index is 0.210. The third-order valence-electron chi connectivity index (χ3n) is 3.18. The molecular formula is C10H12N4O5. The van der Waals surface area contributed by atoms with Gasteiger partial charge in [-0.25, -0.2) is 0 Å². The quantitative estimate of drug-likeness (QED) is 0.482. The Balaban J connectivity index is 2.12. The van der Waals surface area contributed by atoms with Crippen molar-refractivity contribution in [2.75, 3.05) is 6.61 Å². The van der Waals surface area contributed by atoms with Crippen molar-refractivity contribution in [1.82, 2.24) is 20.0 Å². The van der Waals surface area contributed by atoms with Crippen LogP contribution in [0.15, 0.2) is 16.9 Å². The van der Waals surface area contributed by atoms with Gasteiger partial charge in [0.25, 0.3) is 5.56 Å². The van der Waals surface area contributed by atoms with Gasteiger partial charge in [0.1, 0.15) is 23.8 Å². The molecule has 2 aromatic rings. The molecule has 0 saturated carbocycles. The second kappa shape index (κ2) is 4.38. The van der Waals surface area contributed by atoms with Crippen molar-refractivity contribution < 1.29 is 20.1 Å². The third-order valence-corrected chi connectivity index (χ3v) is 3.18. The maximum atomic E-state index is 11.9. The Morgan fingerprint density at radius 2 is 2.11 bits per heavy atom. The fourth-order valence-corrected chi connectivity index (χ4v) is 2.20. The molecule has 19 heavy (non-hydrogen) atoms. The minimum Gasteiger partial charge on any atom is -0.394 e. The van der Waals surface area contributed by atoms with Crippen LogP contribution < -0.4 is 5.56 Å². The first kappa shape index (κ1) is 12.2. The van der Waals surface area contributed by atoms with Gasteiger partial charge in [0.05, 0.1) is 6.61 Å². The van der Waals surface area contributed by atoms with E-state index in [1.165, 1.54) is 12.1 Å². The van der Waals surface area contributed by atoms with Crippen LogP contribution in [0.1, 0.15) is 6.23 Å². The summed E-state index contributed by atoms with van der Waals surface area (Å²) in [5.74, 6) is 0. The number of aromatic nitrogens is 4. The lowest BCUT2D eigenvalue weighted by atomic mass is 10.1. The molecule has 1 aliphatic rings. The smallest absolute Gasteiger partial charge is 0.254 e. The molecule has 1 aliphatic heterocycles. The second-order valence-electron chi connectivity index (χ2n) is 4.30. The highest BCUT2D eigenvalue weighted by Gasteiger charge is 2.44. The molecule has 2 aromatic heterocycles. The average molecular weight is 268 g/mol. The number of rotatable bonds is 2. The van der Waals surface area contributed by atoms with Crippen LogP contribution in [0.2, 0.25) is 0 Å². The topological polar surface area (TPSA) is 133 Å². The number of aromatic amines is 1. The van der Waals surface area contributed by atoms with E-state index >= 15 is 0 Å². The Labute approximate surface area is 106 Å². The summed E-state index contributed by atoms with van der Waals surface area (Å²) >= 11 is 0. The molecule has 0 bridgehead atoms. The highest BCUT2D eigenvalue weighted by molar-refractivity contribution is 5.69. The molecule has 0 aliphatic carbocycles. The molecule has 0 spiro atoms. The van der Waals surface area contributed by atoms with Crippen molar-refractivity contribution in [3.05, 3.63) is 22.5 Å². The summed E-state index contributed by atoms with van der Waals surface area (Å²) in [5, 5.41) is 38.7. The van der Waals surface area contributed by atoms with Crippen LogP contribution in [0, 0.1) is 0 Å². The van der Waals surface area contributed by atoms with Crippen LogP contribution in [-0.2, 0) is 4.74 Å². The van der Waals surface area contributed by atoms with Gasteiger partial charge in [0, 0.05) is 6.07 Å². The molecule has 0 radical (unpaired) electrons. The Morgan fingerprint density at radius 1 is 1.32 bits per heavy atom. The van der Waals surface area contributed by atoms with Crippen molar-refractivity contribution >= 4 is 11.2 Å². The monoisotopic (exact) mass is 268 g/mol. The third kappa shape index (κ3) is 1.75. The van der Waals surface area contributed by atoms with Crippen molar-refractivity contribution in [1.29, 1.82) is 0 Å². The highest BCUT2D eigenvalue weighted by atomic mass is 16.6. The Bertz CT molecular complexity index is 653. The van der Waals surface area contributed by atoms with Crippen molar-refractivity contribution in [3.8, 4) is 0 Å². The van der Waals surface area contributed by atoms with Gasteiger partial charge < -0.3 is 20.1 Å². The number of hydrogen-bond acceptors (Lipinski definition) is 7. The van der Waals surface area contributed by atoms with E-state index in [4.69, 9.17) is 9.84 Å². The molecule has 0 amide bonds. The van der Waals surface area contributed by atoms with E-state index < -0.39 is 36.7 Å². The van der Waals surface area contributed by atoms with E-state index in [1.54, 1.807) is 0 Å². The summed E-state index contributed by atoms with van der Waals surface area (Å²) in [5.41, 5.74) is 0.191. The number of aliphatic hydroxyl groups is 3. The molecule has 3 rings (SSSR count). The SMILES string of the molecule is O=c1ccc2n[nH]nc2n1[C@@H]1O[C@@H](CO)[C@@H](O)[C@H]1O. The van der Waals surface area contributed by atoms with Gasteiger partial charge in [-0.15, -0.1) is 5.10 Å². The summed E-state index contributed by atoms with van der Waals surface area (Å²) < 4.78 is 6.41. The zero-order valence-electron chi connectivity index (χ0n) is 9.67. The maximum Gasteiger partial charge on any atom is 0.254 e. The zero-order chi connectivity index (χ0) is 13.6. The summed E-state index contributed by atoms with van der Waals surface area (Å²) in [6.07, 6.45) is -4.68. The lowest BCUT2D eigenvalue weighted by Crippen LogP contribution is -2.35. The molecule has 9 heteroatoms. The maximum absolute atomic E-state index is 11.9. The van der Waals surface area contributed by atoms with E-state index in [-0.39, 0.29) is 5.65 Å². The van der Waals surface area contributed by atoms with Crippen molar-refractivity contribution in [3.63, 3.8) is 0 Å². The van der Waals surface area contributed by atoms with Gasteiger partial charge in [-0.05, 0) is 6.07 Å². The molecule has 1 fully saturated rings. The lowest BCUT2D eigenvalue weighted by Gasteiger charge is -2.17. The number of hydrogen-bond donors (Lipinski definition) is 4. The number of nitrogens with zero attached hydrogens (tertiary/aromatic N) is 3. The largest absolute Gasteiger partial charge is 0.394 e. The summed E-state index contributed by atoms with van der Waals surface area (Å²) in [6, 6.07) is 2.75. The number of fused-ring (bicyclic) bond motifs is 1. The first-order valence-corrected chi connectivity index (χ1v) is 5.68. The normalized spacial score (nSPS) is 31.1. The Morgan fingerprint density at radius 3 is 2.79 bits per heavy atom. The Kier molecular flexibility index (Phi) is 2.82. The Hall–Kier alpha value is -1.81. The highest BCUT2D eigenvalue weighted by Crippen LogP contribution is 2.29. The summed E-state index contributed by atoms with van der Waals surface area (Å²) in [4.78, 5) is 11.9. The number of aliphatic hydroxyl groups excluding tert-OH is 3. The number of H-pyrrole nitrogens is 1. The van der Waals surface area contributed by atoms with Gasteiger partial charge >= 0.3 is 0 Å². The van der Waals surface area contributed by atoms with Gasteiger partial charge in [0.2, 0.25) is 0 Å². The van der Waals surface area contributed by atoms with E-state index in [0.29, 0.717) is 5.52 Å². The fraction of sp³-hybridized carbons (Fsp3) is 0.500. The van der Waals surface area contributed by atoms with Crippen LogP contribution in [0.4, 0.5) is 0 Å². The van der Waals surface area contributed by atoms with Crippen LogP contribution in [0.25, 0.3) is 11.2 Å². The summed E-state index contributed by atoms with van der Waals surface area (Å²) in [7, 11) is 0. The number of nitrogens with one attached hydrogen (secondary N) is 1. The molecule has 4 atom stereocenters. The number of pyridine rings is 1. The second-order valence-corrected chi connectivity index (χ2v) is 4.30. The average Bonchev–Trinajstić information content (AvgIpc) is 2.97. The van der Waals surface area contributed by atoms with Gasteiger partial charge in [-0.2, -0.15) is 10.3 Å². The lowest BCUT2D eigenvalue weighted by molar-refractivity contribution is -0.0524. The molecule has 102 valence electrons. The predicted octanol–water partition coefficient (Wildman–Crippen LogP) is -2.27. The van der Waals surface area contributed by atoms with Crippen molar-refractivity contribution in [2.45, 2.75) is 24.5 Å². The standard InChI is InChI=1S/C10H12N4O5/c15-3-5-7(17)8(18)10(19-5)14-6(16)2-1-4-9(14)12-13-11-4/h1-2,5,7-8,10,15,17-18H,3H2,(H,11,12,13)/t5-,7+,8+,10+/m0/s1. The van der Waals surface area contributed by atoms with E-state index in [0.717, 1.165) is 4.57 Å². The van der Waals surface area contributed by atoms with Gasteiger partial charge in [-0.3, -0.25) is 9.36 Å². The molecule has 0 unspecified atom stereocenters. The van der Waals surface area contributed by atoms with Crippen LogP contribution >= 0.6 is 0 Å². The van der Waals surface area contributed by atoms with Crippen LogP contribution in [-0.4, -0.2) is 60.2 Å². The predicted molar refractivity (Wildman–Crippen MR) is 61.2 cm³/mol. The molecule has 9 nitrogen and oxygen atoms in total.